The quantitative estimate of drug-likeness (QED) is 0.408. The number of carbonyl (C=O) groups excluding carboxylic acids is 2. The second kappa shape index (κ2) is 12.8. The van der Waals surface area contributed by atoms with Gasteiger partial charge in [-0.05, 0) is 101 Å². The van der Waals surface area contributed by atoms with E-state index in [9.17, 15) is 18.0 Å². The van der Waals surface area contributed by atoms with E-state index in [1.54, 1.807) is 29.0 Å². The molecule has 0 radical (unpaired) electrons. The third kappa shape index (κ3) is 7.97. The Kier molecular flexibility index (Phi) is 9.83. The first-order valence-electron chi connectivity index (χ1n) is 14.2. The van der Waals surface area contributed by atoms with E-state index in [0.29, 0.717) is 37.0 Å². The Balaban J connectivity index is 1.19. The number of halogens is 1. The van der Waals surface area contributed by atoms with Gasteiger partial charge in [0.1, 0.15) is 5.60 Å². The van der Waals surface area contributed by atoms with Gasteiger partial charge in [-0.25, -0.2) is 13.2 Å². The van der Waals surface area contributed by atoms with Crippen molar-refractivity contribution in [2.75, 3.05) is 45.5 Å². The van der Waals surface area contributed by atoms with E-state index in [0.717, 1.165) is 54.0 Å². The Morgan fingerprint density at radius 2 is 1.60 bits per heavy atom. The van der Waals surface area contributed by atoms with Gasteiger partial charge < -0.3 is 19.4 Å². The zero-order valence-corrected chi connectivity index (χ0v) is 26.5. The summed E-state index contributed by atoms with van der Waals surface area (Å²) in [7, 11) is -1.66. The van der Waals surface area contributed by atoms with Gasteiger partial charge in [0, 0.05) is 43.1 Å². The molecule has 2 aromatic carbocycles. The Morgan fingerprint density at radius 3 is 2.25 bits per heavy atom. The van der Waals surface area contributed by atoms with Crippen LogP contribution >= 0.6 is 15.9 Å². The molecular weight excluding hydrogens is 594 g/mol. The van der Waals surface area contributed by atoms with Gasteiger partial charge in [-0.3, -0.25) is 4.79 Å². The Labute approximate surface area is 247 Å². The van der Waals surface area contributed by atoms with E-state index in [-0.39, 0.29) is 23.7 Å². The van der Waals surface area contributed by atoms with Crippen LogP contribution in [0.1, 0.15) is 52.9 Å². The van der Waals surface area contributed by atoms with Crippen molar-refractivity contribution in [1.29, 1.82) is 0 Å². The van der Waals surface area contributed by atoms with Crippen LogP contribution in [0.25, 0.3) is 10.8 Å². The van der Waals surface area contributed by atoms with Gasteiger partial charge in [-0.2, -0.15) is 0 Å². The molecule has 2 saturated heterocycles. The minimum absolute atomic E-state index is 0.00704. The van der Waals surface area contributed by atoms with Gasteiger partial charge in [-0.1, -0.05) is 28.1 Å². The highest BCUT2D eigenvalue weighted by molar-refractivity contribution is 9.10. The molecule has 2 fully saturated rings. The first kappa shape index (κ1) is 30.8. The monoisotopic (exact) mass is 635 g/mol. The van der Waals surface area contributed by atoms with Gasteiger partial charge in [-0.15, -0.1) is 0 Å². The van der Waals surface area contributed by atoms with Crippen LogP contribution in [0.4, 0.5) is 4.79 Å². The highest BCUT2D eigenvalue weighted by atomic mass is 79.9. The molecule has 40 heavy (non-hydrogen) atoms. The molecule has 0 aromatic heterocycles. The second-order valence-corrected chi connectivity index (χ2v) is 15.1. The summed E-state index contributed by atoms with van der Waals surface area (Å²) in [6.45, 7) is 9.20. The number of carbonyl (C=O) groups is 2. The first-order valence-corrected chi connectivity index (χ1v) is 16.7. The zero-order valence-electron chi connectivity index (χ0n) is 24.1. The van der Waals surface area contributed by atoms with Crippen molar-refractivity contribution < 1.29 is 22.7 Å². The predicted octanol–water partition coefficient (Wildman–Crippen LogP) is 5.34. The van der Waals surface area contributed by atoms with Crippen LogP contribution in [0.15, 0.2) is 45.8 Å². The van der Waals surface area contributed by atoms with Crippen LogP contribution in [0, 0.1) is 5.92 Å². The molecule has 10 heteroatoms. The number of hydrogen-bond acceptors (Lipinski definition) is 6. The fourth-order valence-electron chi connectivity index (χ4n) is 5.67. The lowest BCUT2D eigenvalue weighted by atomic mass is 9.92. The van der Waals surface area contributed by atoms with Crippen molar-refractivity contribution in [1.82, 2.24) is 14.7 Å². The number of fused-ring (bicyclic) bond motifs is 1. The van der Waals surface area contributed by atoms with Crippen molar-refractivity contribution in [2.24, 2.45) is 5.92 Å². The van der Waals surface area contributed by atoms with Gasteiger partial charge in [0.2, 0.25) is 5.91 Å². The van der Waals surface area contributed by atoms with E-state index in [4.69, 9.17) is 4.74 Å². The molecule has 0 spiro atoms. The fourth-order valence-corrected chi connectivity index (χ4v) is 7.38. The highest BCUT2D eigenvalue weighted by Crippen LogP contribution is 2.27. The van der Waals surface area contributed by atoms with Crippen molar-refractivity contribution in [3.63, 3.8) is 0 Å². The van der Waals surface area contributed by atoms with E-state index in [2.05, 4.69) is 20.8 Å². The number of piperidine rings is 2. The Hall–Kier alpha value is -2.17. The summed E-state index contributed by atoms with van der Waals surface area (Å²) in [6, 6.07) is 11.4. The third-order valence-electron chi connectivity index (χ3n) is 7.93. The topological polar surface area (TPSA) is 87.2 Å². The highest BCUT2D eigenvalue weighted by Gasteiger charge is 2.33. The number of benzene rings is 2. The maximum Gasteiger partial charge on any atom is 0.410 e. The average Bonchev–Trinajstić information content (AvgIpc) is 2.91. The number of nitrogens with zero attached hydrogens (tertiary/aromatic N) is 3. The molecule has 0 aliphatic carbocycles. The smallest absolute Gasteiger partial charge is 0.410 e. The van der Waals surface area contributed by atoms with Gasteiger partial charge in [0.25, 0.3) is 0 Å². The molecular formula is C30H42BrN3O5S. The molecule has 0 bridgehead atoms. The number of hydrogen-bond donors (Lipinski definition) is 0. The number of ether oxygens (including phenoxy) is 1. The fraction of sp³-hybridized carbons (Fsp3) is 0.600. The number of rotatable bonds is 7. The Morgan fingerprint density at radius 1 is 0.975 bits per heavy atom. The maximum absolute atomic E-state index is 13.1. The molecule has 2 aromatic rings. The molecule has 0 unspecified atom stereocenters. The molecule has 2 aliphatic heterocycles. The summed E-state index contributed by atoms with van der Waals surface area (Å²) in [4.78, 5) is 31.7. The molecule has 4 rings (SSSR count). The van der Waals surface area contributed by atoms with Gasteiger partial charge in [0.05, 0.1) is 10.6 Å². The van der Waals surface area contributed by atoms with Crippen molar-refractivity contribution in [2.45, 2.75) is 69.4 Å². The van der Waals surface area contributed by atoms with Gasteiger partial charge >= 0.3 is 6.09 Å². The summed E-state index contributed by atoms with van der Waals surface area (Å²) in [5, 5.41) is 1.87. The minimum atomic E-state index is -3.44. The molecule has 2 aliphatic rings. The van der Waals surface area contributed by atoms with Crippen LogP contribution < -0.4 is 0 Å². The van der Waals surface area contributed by atoms with E-state index >= 15 is 0 Å². The summed E-state index contributed by atoms with van der Waals surface area (Å²) in [5.74, 6) is 0.0835. The molecule has 2 heterocycles. The molecule has 0 saturated carbocycles. The summed E-state index contributed by atoms with van der Waals surface area (Å²) < 4.78 is 32.4. The lowest BCUT2D eigenvalue weighted by Gasteiger charge is -2.42. The Bertz CT molecular complexity index is 1310. The number of sulfone groups is 1. The number of amides is 2. The normalized spacial score (nSPS) is 18.2. The van der Waals surface area contributed by atoms with Crippen molar-refractivity contribution in [3.05, 3.63) is 40.9 Å². The van der Waals surface area contributed by atoms with Crippen molar-refractivity contribution in [3.8, 4) is 0 Å². The van der Waals surface area contributed by atoms with Crippen LogP contribution in [0.5, 0.6) is 0 Å². The van der Waals surface area contributed by atoms with E-state index in [1.807, 2.05) is 45.0 Å². The molecule has 0 N–H and O–H groups in total. The first-order chi connectivity index (χ1) is 18.8. The lowest BCUT2D eigenvalue weighted by Crippen LogP contribution is -2.50. The largest absolute Gasteiger partial charge is 0.444 e. The summed E-state index contributed by atoms with van der Waals surface area (Å²) in [6.07, 6.45) is 3.61. The van der Waals surface area contributed by atoms with Crippen LogP contribution in [0.2, 0.25) is 0 Å². The van der Waals surface area contributed by atoms with Crippen LogP contribution in [0.3, 0.4) is 0 Å². The van der Waals surface area contributed by atoms with E-state index < -0.39 is 15.4 Å². The van der Waals surface area contributed by atoms with Crippen molar-refractivity contribution >= 4 is 48.5 Å². The molecule has 0 atom stereocenters. The van der Waals surface area contributed by atoms with Gasteiger partial charge in [0.15, 0.2) is 9.84 Å². The second-order valence-electron chi connectivity index (χ2n) is 12.1. The molecule has 2 amide bonds. The zero-order chi connectivity index (χ0) is 29.1. The SMILES string of the molecule is CN(CCCS(=O)(=O)c1ccc2cc(Br)ccc2c1)C(=O)C1CCN(C2CCN(C(=O)OC(C)(C)C)CC2)CC1. The minimum Gasteiger partial charge on any atom is -0.444 e. The average molecular weight is 637 g/mol. The van der Waals surface area contributed by atoms with Crippen LogP contribution in [-0.2, 0) is 19.4 Å². The van der Waals surface area contributed by atoms with Crippen LogP contribution in [-0.4, -0.2) is 92.3 Å². The molecule has 8 nitrogen and oxygen atoms in total. The number of likely N-dealkylation sites (tertiary alicyclic amines) is 2. The lowest BCUT2D eigenvalue weighted by molar-refractivity contribution is -0.136. The molecule has 220 valence electrons. The summed E-state index contributed by atoms with van der Waals surface area (Å²) in [5.41, 5.74) is -0.487. The third-order valence-corrected chi connectivity index (χ3v) is 10.2. The van der Waals surface area contributed by atoms with E-state index in [1.165, 1.54) is 0 Å². The predicted molar refractivity (Wildman–Crippen MR) is 161 cm³/mol. The maximum atomic E-state index is 13.1. The standard InChI is InChI=1S/C30H42BrN3O5S/c1-30(2,3)39-29(36)34-17-12-26(13-18-34)33-15-10-22(11-16-33)28(35)32(4)14-5-19-40(37,38)27-9-7-23-20-25(31)8-6-24(23)21-27/h6-9,20-22,26H,5,10-19H2,1-4H3. The summed E-state index contributed by atoms with van der Waals surface area (Å²) >= 11 is 3.44.